The van der Waals surface area contributed by atoms with Crippen LogP contribution in [0.25, 0.3) is 0 Å². The second-order valence-corrected chi connectivity index (χ2v) is 4.18. The Balaban J connectivity index is 2.65. The summed E-state index contributed by atoms with van der Waals surface area (Å²) in [6.07, 6.45) is 1.43. The molecule has 0 saturated carbocycles. The molecule has 0 aromatic heterocycles. The van der Waals surface area contributed by atoms with E-state index in [1.807, 2.05) is 6.92 Å². The van der Waals surface area contributed by atoms with E-state index >= 15 is 0 Å². The van der Waals surface area contributed by atoms with E-state index in [1.54, 1.807) is 0 Å². The number of hydrogen-bond acceptors (Lipinski definition) is 4. The molecule has 0 bridgehead atoms. The number of nitrogens with zero attached hydrogens (tertiary/aromatic N) is 1. The largest absolute Gasteiger partial charge is 0.396 e. The van der Waals surface area contributed by atoms with Gasteiger partial charge in [0, 0.05) is 30.8 Å². The van der Waals surface area contributed by atoms with E-state index in [0.29, 0.717) is 12.0 Å². The van der Waals surface area contributed by atoms with Crippen molar-refractivity contribution in [3.05, 3.63) is 39.7 Å². The molecule has 0 radical (unpaired) electrons. The van der Waals surface area contributed by atoms with Crippen molar-refractivity contribution in [1.82, 2.24) is 5.32 Å². The van der Waals surface area contributed by atoms with Gasteiger partial charge >= 0.3 is 0 Å². The number of aliphatic hydroxyl groups excluding tert-OH is 1. The molecule has 0 aliphatic carbocycles. The zero-order chi connectivity index (χ0) is 13.5. The molecule has 0 aliphatic rings. The van der Waals surface area contributed by atoms with Gasteiger partial charge in [0.05, 0.1) is 4.92 Å². The minimum atomic E-state index is -0.519. The highest BCUT2D eigenvalue weighted by molar-refractivity contribution is 5.40. The maximum absolute atomic E-state index is 13.1. The summed E-state index contributed by atoms with van der Waals surface area (Å²) in [5, 5.41) is 22.5. The van der Waals surface area contributed by atoms with Crippen LogP contribution in [-0.4, -0.2) is 22.7 Å². The lowest BCUT2D eigenvalue weighted by Gasteiger charge is -2.13. The monoisotopic (exact) mass is 256 g/mol. The van der Waals surface area contributed by atoms with E-state index in [4.69, 9.17) is 5.11 Å². The molecule has 0 aliphatic heterocycles. The van der Waals surface area contributed by atoms with Crippen LogP contribution in [-0.2, 0) is 6.54 Å². The number of nitro groups is 1. The van der Waals surface area contributed by atoms with Gasteiger partial charge in [-0.15, -0.1) is 0 Å². The number of nitrogens with one attached hydrogen (secondary N) is 1. The highest BCUT2D eigenvalue weighted by Crippen LogP contribution is 2.19. The standard InChI is InChI=1S/C12H17FN2O3/c1-9(3-2-6-16)14-8-10-7-11(13)4-5-12(10)15(17)18/h4-5,7,9,14,16H,2-3,6,8H2,1H3. The van der Waals surface area contributed by atoms with Crippen LogP contribution in [0.2, 0.25) is 0 Å². The lowest BCUT2D eigenvalue weighted by Crippen LogP contribution is -2.26. The van der Waals surface area contributed by atoms with Crippen LogP contribution >= 0.6 is 0 Å². The third kappa shape index (κ3) is 4.38. The van der Waals surface area contributed by atoms with Crippen molar-refractivity contribution in [2.45, 2.75) is 32.4 Å². The SMILES string of the molecule is CC(CCCO)NCc1cc(F)ccc1[N+](=O)[O-]. The Hall–Kier alpha value is -1.53. The highest BCUT2D eigenvalue weighted by Gasteiger charge is 2.14. The number of halogens is 1. The second-order valence-electron chi connectivity index (χ2n) is 4.18. The first-order valence-corrected chi connectivity index (χ1v) is 5.81. The van der Waals surface area contributed by atoms with Crippen molar-refractivity contribution < 1.29 is 14.4 Å². The van der Waals surface area contributed by atoms with E-state index in [-0.39, 0.29) is 24.9 Å². The summed E-state index contributed by atoms with van der Waals surface area (Å²) in [4.78, 5) is 10.3. The molecule has 1 rings (SSSR count). The van der Waals surface area contributed by atoms with Crippen LogP contribution < -0.4 is 5.32 Å². The molecule has 2 N–H and O–H groups in total. The van der Waals surface area contributed by atoms with E-state index in [9.17, 15) is 14.5 Å². The summed E-state index contributed by atoms with van der Waals surface area (Å²) in [6.45, 7) is 2.27. The maximum atomic E-state index is 13.1. The van der Waals surface area contributed by atoms with Crippen LogP contribution in [0.5, 0.6) is 0 Å². The van der Waals surface area contributed by atoms with Gasteiger partial charge in [0.15, 0.2) is 0 Å². The average molecular weight is 256 g/mol. The summed E-state index contributed by atoms with van der Waals surface area (Å²) < 4.78 is 13.1. The Kier molecular flexibility index (Phi) is 5.67. The Bertz CT molecular complexity index is 412. The minimum Gasteiger partial charge on any atom is -0.396 e. The van der Waals surface area contributed by atoms with Crippen LogP contribution in [0.3, 0.4) is 0 Å². The molecule has 1 atom stereocenters. The van der Waals surface area contributed by atoms with Crippen molar-refractivity contribution in [3.63, 3.8) is 0 Å². The fraction of sp³-hybridized carbons (Fsp3) is 0.500. The van der Waals surface area contributed by atoms with E-state index in [2.05, 4.69) is 5.32 Å². The predicted octanol–water partition coefficient (Wildman–Crippen LogP) is 1.98. The van der Waals surface area contributed by atoms with Crippen molar-refractivity contribution >= 4 is 5.69 Å². The molecule has 0 fully saturated rings. The van der Waals surface area contributed by atoms with Crippen molar-refractivity contribution in [3.8, 4) is 0 Å². The zero-order valence-corrected chi connectivity index (χ0v) is 10.2. The van der Waals surface area contributed by atoms with E-state index in [0.717, 1.165) is 12.5 Å². The van der Waals surface area contributed by atoms with Crippen LogP contribution in [0.15, 0.2) is 18.2 Å². The molecule has 0 saturated heterocycles. The van der Waals surface area contributed by atoms with Gasteiger partial charge in [-0.3, -0.25) is 10.1 Å². The van der Waals surface area contributed by atoms with E-state index in [1.165, 1.54) is 12.1 Å². The average Bonchev–Trinajstić information content (AvgIpc) is 2.33. The van der Waals surface area contributed by atoms with Crippen LogP contribution in [0.4, 0.5) is 10.1 Å². The molecule has 0 amide bonds. The van der Waals surface area contributed by atoms with Gasteiger partial charge in [0.1, 0.15) is 5.82 Å². The second kappa shape index (κ2) is 7.03. The molecule has 0 spiro atoms. The van der Waals surface area contributed by atoms with Crippen molar-refractivity contribution in [2.24, 2.45) is 0 Å². The van der Waals surface area contributed by atoms with Gasteiger partial charge in [-0.05, 0) is 31.9 Å². The third-order valence-electron chi connectivity index (χ3n) is 2.67. The molecule has 6 heteroatoms. The Morgan fingerprint density at radius 3 is 2.89 bits per heavy atom. The summed E-state index contributed by atoms with van der Waals surface area (Å²) >= 11 is 0. The molecule has 1 aromatic carbocycles. The quantitative estimate of drug-likeness (QED) is 0.578. The van der Waals surface area contributed by atoms with Crippen molar-refractivity contribution in [1.29, 1.82) is 0 Å². The number of rotatable bonds is 7. The van der Waals surface area contributed by atoms with Gasteiger partial charge < -0.3 is 10.4 Å². The lowest BCUT2D eigenvalue weighted by atomic mass is 10.1. The third-order valence-corrected chi connectivity index (χ3v) is 2.67. The molecule has 1 unspecified atom stereocenters. The zero-order valence-electron chi connectivity index (χ0n) is 10.2. The lowest BCUT2D eigenvalue weighted by molar-refractivity contribution is -0.385. The normalized spacial score (nSPS) is 12.4. The topological polar surface area (TPSA) is 75.4 Å². The first-order chi connectivity index (χ1) is 8.54. The van der Waals surface area contributed by atoms with Crippen LogP contribution in [0.1, 0.15) is 25.3 Å². The smallest absolute Gasteiger partial charge is 0.274 e. The Morgan fingerprint density at radius 2 is 2.28 bits per heavy atom. The molecule has 0 heterocycles. The number of aliphatic hydroxyl groups is 1. The highest BCUT2D eigenvalue weighted by atomic mass is 19.1. The first-order valence-electron chi connectivity index (χ1n) is 5.81. The Labute approximate surface area is 105 Å². The summed E-state index contributed by atoms with van der Waals surface area (Å²) in [5.41, 5.74) is 0.245. The minimum absolute atomic E-state index is 0.0849. The molecular weight excluding hydrogens is 239 g/mol. The number of nitro benzene ring substituents is 1. The fourth-order valence-electron chi connectivity index (χ4n) is 1.66. The van der Waals surface area contributed by atoms with Gasteiger partial charge in [-0.2, -0.15) is 0 Å². The van der Waals surface area contributed by atoms with E-state index < -0.39 is 10.7 Å². The van der Waals surface area contributed by atoms with Gasteiger partial charge in [-0.25, -0.2) is 4.39 Å². The molecule has 1 aromatic rings. The fourth-order valence-corrected chi connectivity index (χ4v) is 1.66. The van der Waals surface area contributed by atoms with Crippen LogP contribution in [0, 0.1) is 15.9 Å². The van der Waals surface area contributed by atoms with Gasteiger partial charge in [-0.1, -0.05) is 0 Å². The molecular formula is C12H17FN2O3. The summed E-state index contributed by atoms with van der Waals surface area (Å²) in [6, 6.07) is 3.53. The maximum Gasteiger partial charge on any atom is 0.274 e. The Morgan fingerprint density at radius 1 is 1.56 bits per heavy atom. The van der Waals surface area contributed by atoms with Gasteiger partial charge in [0.25, 0.3) is 5.69 Å². The number of hydrogen-bond donors (Lipinski definition) is 2. The predicted molar refractivity (Wildman–Crippen MR) is 65.7 cm³/mol. The molecule has 5 nitrogen and oxygen atoms in total. The molecule has 100 valence electrons. The first kappa shape index (κ1) is 14.5. The number of benzene rings is 1. The summed E-state index contributed by atoms with van der Waals surface area (Å²) in [7, 11) is 0. The van der Waals surface area contributed by atoms with Gasteiger partial charge in [0.2, 0.25) is 0 Å². The summed E-state index contributed by atoms with van der Waals surface area (Å²) in [5.74, 6) is -0.486. The van der Waals surface area contributed by atoms with Crippen molar-refractivity contribution in [2.75, 3.05) is 6.61 Å². The molecule has 18 heavy (non-hydrogen) atoms.